The molecule has 0 spiro atoms. The molecule has 1 aromatic carbocycles. The van der Waals surface area contributed by atoms with Crippen LogP contribution in [0.3, 0.4) is 0 Å². The highest BCUT2D eigenvalue weighted by atomic mass is 16.5. The van der Waals surface area contributed by atoms with Crippen molar-refractivity contribution in [2.24, 2.45) is 4.99 Å². The molecule has 5 rings (SSSR count). The SMILES string of the molecule is CC(C)Oc1ccc2c(c1)C(c1ccnc(N3CCC(n4cncn4)CC3)c1)=N2. The van der Waals surface area contributed by atoms with E-state index < -0.39 is 0 Å². The van der Waals surface area contributed by atoms with Gasteiger partial charge < -0.3 is 9.64 Å². The van der Waals surface area contributed by atoms with Crippen molar-refractivity contribution in [2.45, 2.75) is 38.8 Å². The average molecular weight is 388 g/mol. The van der Waals surface area contributed by atoms with Crippen LogP contribution in [0.5, 0.6) is 5.75 Å². The van der Waals surface area contributed by atoms with Gasteiger partial charge in [0.2, 0.25) is 0 Å². The lowest BCUT2D eigenvalue weighted by Gasteiger charge is -2.33. The molecule has 0 aliphatic carbocycles. The molecule has 29 heavy (non-hydrogen) atoms. The molecule has 2 aromatic heterocycles. The molecule has 3 aromatic rings. The van der Waals surface area contributed by atoms with Crippen LogP contribution in [0.25, 0.3) is 0 Å². The fraction of sp³-hybridized carbons (Fsp3) is 0.364. The zero-order valence-electron chi connectivity index (χ0n) is 16.7. The first kappa shape index (κ1) is 17.8. The molecule has 7 nitrogen and oxygen atoms in total. The summed E-state index contributed by atoms with van der Waals surface area (Å²) in [6, 6.07) is 10.7. The Kier molecular flexibility index (Phi) is 4.50. The van der Waals surface area contributed by atoms with Crippen molar-refractivity contribution in [1.82, 2.24) is 19.7 Å². The van der Waals surface area contributed by atoms with Crippen LogP contribution < -0.4 is 9.64 Å². The maximum Gasteiger partial charge on any atom is 0.137 e. The summed E-state index contributed by atoms with van der Waals surface area (Å²) in [5.41, 5.74) is 4.27. The predicted octanol–water partition coefficient (Wildman–Crippen LogP) is 3.78. The highest BCUT2D eigenvalue weighted by Gasteiger charge is 2.24. The van der Waals surface area contributed by atoms with Crippen molar-refractivity contribution in [3.8, 4) is 5.75 Å². The van der Waals surface area contributed by atoms with E-state index >= 15 is 0 Å². The van der Waals surface area contributed by atoms with E-state index in [0.29, 0.717) is 6.04 Å². The van der Waals surface area contributed by atoms with E-state index in [1.807, 2.05) is 49.3 Å². The first-order valence-electron chi connectivity index (χ1n) is 10.1. The van der Waals surface area contributed by atoms with Crippen LogP contribution in [-0.4, -0.2) is 44.7 Å². The Morgan fingerprint density at radius 2 is 1.97 bits per heavy atom. The first-order valence-corrected chi connectivity index (χ1v) is 10.1. The Morgan fingerprint density at radius 1 is 1.10 bits per heavy atom. The molecule has 0 atom stereocenters. The Bertz CT molecular complexity index is 1040. The molecule has 0 N–H and O–H groups in total. The molecule has 2 aliphatic rings. The lowest BCUT2D eigenvalue weighted by atomic mass is 9.95. The van der Waals surface area contributed by atoms with E-state index in [1.165, 1.54) is 0 Å². The summed E-state index contributed by atoms with van der Waals surface area (Å²) < 4.78 is 7.81. The minimum atomic E-state index is 0.154. The van der Waals surface area contributed by atoms with Crippen molar-refractivity contribution >= 4 is 17.2 Å². The number of anilines is 1. The third-order valence-corrected chi connectivity index (χ3v) is 5.45. The standard InChI is InChI=1S/C22H24N6O/c1-15(2)29-18-3-4-20-19(12-18)22(26-20)16-5-8-24-21(11-16)27-9-6-17(7-10-27)28-14-23-13-25-28/h3-5,8,11-15,17H,6-7,9-10H2,1-2H3. The Labute approximate surface area is 170 Å². The van der Waals surface area contributed by atoms with Gasteiger partial charge in [-0.2, -0.15) is 5.10 Å². The predicted molar refractivity (Wildman–Crippen MR) is 112 cm³/mol. The molecule has 0 unspecified atom stereocenters. The lowest BCUT2D eigenvalue weighted by Crippen LogP contribution is -2.35. The average Bonchev–Trinajstić information content (AvgIpc) is 3.25. The largest absolute Gasteiger partial charge is 0.491 e. The minimum Gasteiger partial charge on any atom is -0.491 e. The highest BCUT2D eigenvalue weighted by molar-refractivity contribution is 6.22. The van der Waals surface area contributed by atoms with Gasteiger partial charge in [-0.05, 0) is 57.0 Å². The number of fused-ring (bicyclic) bond motifs is 1. The van der Waals surface area contributed by atoms with Crippen LogP contribution in [0.1, 0.15) is 43.9 Å². The first-order chi connectivity index (χ1) is 14.2. The highest BCUT2D eigenvalue weighted by Crippen LogP contribution is 2.36. The quantitative estimate of drug-likeness (QED) is 0.520. The van der Waals surface area contributed by atoms with Gasteiger partial charge in [-0.15, -0.1) is 0 Å². The van der Waals surface area contributed by atoms with Crippen molar-refractivity contribution < 1.29 is 4.74 Å². The van der Waals surface area contributed by atoms with Crippen molar-refractivity contribution in [3.63, 3.8) is 0 Å². The number of pyridine rings is 1. The Hall–Kier alpha value is -3.22. The number of aromatic nitrogens is 4. The van der Waals surface area contributed by atoms with E-state index in [-0.39, 0.29) is 6.10 Å². The van der Waals surface area contributed by atoms with Gasteiger partial charge in [0.05, 0.1) is 23.5 Å². The molecule has 1 saturated heterocycles. The minimum absolute atomic E-state index is 0.154. The maximum absolute atomic E-state index is 5.84. The van der Waals surface area contributed by atoms with E-state index in [2.05, 4.69) is 32.1 Å². The number of nitrogens with zero attached hydrogens (tertiary/aromatic N) is 6. The molecular weight excluding hydrogens is 364 g/mol. The smallest absolute Gasteiger partial charge is 0.137 e. The molecule has 148 valence electrons. The molecule has 4 heterocycles. The van der Waals surface area contributed by atoms with Crippen LogP contribution >= 0.6 is 0 Å². The molecule has 0 radical (unpaired) electrons. The monoisotopic (exact) mass is 388 g/mol. The van der Waals surface area contributed by atoms with Gasteiger partial charge in [0, 0.05) is 30.4 Å². The number of benzene rings is 1. The maximum atomic E-state index is 5.84. The van der Waals surface area contributed by atoms with Gasteiger partial charge in [0.15, 0.2) is 0 Å². The summed E-state index contributed by atoms with van der Waals surface area (Å²) in [5.74, 6) is 1.89. The second-order valence-corrected chi connectivity index (χ2v) is 7.80. The third-order valence-electron chi connectivity index (χ3n) is 5.45. The summed E-state index contributed by atoms with van der Waals surface area (Å²) in [4.78, 5) is 15.7. The van der Waals surface area contributed by atoms with Gasteiger partial charge in [-0.1, -0.05) is 0 Å². The van der Waals surface area contributed by atoms with E-state index in [9.17, 15) is 0 Å². The van der Waals surface area contributed by atoms with Crippen LogP contribution in [0.4, 0.5) is 11.5 Å². The van der Waals surface area contributed by atoms with Gasteiger partial charge in [0.25, 0.3) is 0 Å². The number of hydrogen-bond donors (Lipinski definition) is 0. The normalized spacial score (nSPS) is 16.4. The molecule has 0 bridgehead atoms. The van der Waals surface area contributed by atoms with E-state index in [1.54, 1.807) is 6.33 Å². The van der Waals surface area contributed by atoms with Crippen LogP contribution in [0, 0.1) is 0 Å². The summed E-state index contributed by atoms with van der Waals surface area (Å²) in [6.45, 7) is 5.98. The number of rotatable bonds is 5. The van der Waals surface area contributed by atoms with Crippen LogP contribution in [0.2, 0.25) is 0 Å². The lowest BCUT2D eigenvalue weighted by molar-refractivity contribution is 0.242. The Balaban J connectivity index is 1.31. The van der Waals surface area contributed by atoms with Crippen molar-refractivity contribution in [3.05, 3.63) is 60.3 Å². The summed E-state index contributed by atoms with van der Waals surface area (Å²) in [6.07, 6.45) is 7.52. The zero-order valence-corrected chi connectivity index (χ0v) is 16.7. The van der Waals surface area contributed by atoms with E-state index in [0.717, 1.165) is 60.0 Å². The number of hydrogen-bond acceptors (Lipinski definition) is 6. The Morgan fingerprint density at radius 3 is 2.72 bits per heavy atom. The zero-order chi connectivity index (χ0) is 19.8. The number of aliphatic imine (C=N–C) groups is 1. The molecule has 1 fully saturated rings. The summed E-state index contributed by atoms with van der Waals surface area (Å²) in [5, 5.41) is 4.29. The second-order valence-electron chi connectivity index (χ2n) is 7.80. The summed E-state index contributed by atoms with van der Waals surface area (Å²) >= 11 is 0. The summed E-state index contributed by atoms with van der Waals surface area (Å²) in [7, 11) is 0. The van der Waals surface area contributed by atoms with Gasteiger partial charge in [-0.25, -0.2) is 19.6 Å². The van der Waals surface area contributed by atoms with Crippen molar-refractivity contribution in [2.75, 3.05) is 18.0 Å². The van der Waals surface area contributed by atoms with Gasteiger partial charge in [-0.3, -0.25) is 0 Å². The number of ether oxygens (including phenoxy) is 1. The van der Waals surface area contributed by atoms with Crippen LogP contribution in [0.15, 0.2) is 54.2 Å². The topological polar surface area (TPSA) is 68.4 Å². The second kappa shape index (κ2) is 7.31. The fourth-order valence-corrected chi connectivity index (χ4v) is 4.00. The molecule has 0 amide bonds. The molecule has 2 aliphatic heterocycles. The fourth-order valence-electron chi connectivity index (χ4n) is 4.00. The van der Waals surface area contributed by atoms with Gasteiger partial charge in [0.1, 0.15) is 24.2 Å². The van der Waals surface area contributed by atoms with Crippen molar-refractivity contribution in [1.29, 1.82) is 0 Å². The molecule has 7 heteroatoms. The number of piperidine rings is 1. The molecular formula is C22H24N6O. The third kappa shape index (κ3) is 3.48. The van der Waals surface area contributed by atoms with Crippen LogP contribution in [-0.2, 0) is 0 Å². The van der Waals surface area contributed by atoms with Gasteiger partial charge >= 0.3 is 0 Å². The molecule has 0 saturated carbocycles. The van der Waals surface area contributed by atoms with E-state index in [4.69, 9.17) is 9.73 Å².